The quantitative estimate of drug-likeness (QED) is 0.678. The molecule has 0 aliphatic carbocycles. The molecule has 0 saturated carbocycles. The zero-order valence-corrected chi connectivity index (χ0v) is 12.5. The van der Waals surface area contributed by atoms with Crippen LogP contribution in [-0.4, -0.2) is 30.8 Å². The fourth-order valence-electron chi connectivity index (χ4n) is 1.52. The van der Waals surface area contributed by atoms with Gasteiger partial charge < -0.3 is 9.67 Å². The number of aryl methyl sites for hydroxylation is 1. The highest BCUT2D eigenvalue weighted by molar-refractivity contribution is 7.99. The summed E-state index contributed by atoms with van der Waals surface area (Å²) in [5.41, 5.74) is -0.629. The van der Waals surface area contributed by atoms with Crippen molar-refractivity contribution in [2.75, 3.05) is 0 Å². The van der Waals surface area contributed by atoms with Gasteiger partial charge in [0.1, 0.15) is 5.82 Å². The van der Waals surface area contributed by atoms with E-state index in [1.165, 1.54) is 0 Å². The molecular weight excluding hydrogens is 320 g/mol. The average molecular weight is 329 g/mol. The lowest BCUT2D eigenvalue weighted by molar-refractivity contribution is -0.384. The Labute approximate surface area is 127 Å². The number of nitro groups is 1. The van der Waals surface area contributed by atoms with Crippen LogP contribution in [0.25, 0.3) is 0 Å². The second-order valence-electron chi connectivity index (χ2n) is 4.06. The highest BCUT2D eigenvalue weighted by Gasteiger charge is 2.22. The molecule has 0 aliphatic rings. The molecule has 10 heteroatoms. The van der Waals surface area contributed by atoms with E-state index < -0.39 is 10.9 Å². The predicted octanol–water partition coefficient (Wildman–Crippen LogP) is 2.53. The number of aromatic nitrogens is 3. The van der Waals surface area contributed by atoms with E-state index in [0.717, 1.165) is 23.9 Å². The zero-order valence-electron chi connectivity index (χ0n) is 10.9. The summed E-state index contributed by atoms with van der Waals surface area (Å²) in [6, 6.07) is 2.08. The molecule has 0 spiro atoms. The molecule has 1 aromatic carbocycles. The number of carboxylic acid groups (broad SMARTS) is 1. The second-order valence-corrected chi connectivity index (χ2v) is 5.44. The normalized spacial score (nSPS) is 10.6. The van der Waals surface area contributed by atoms with Gasteiger partial charge in [0.05, 0.1) is 15.5 Å². The lowest BCUT2D eigenvalue weighted by Crippen LogP contribution is -2.02. The first-order chi connectivity index (χ1) is 9.81. The molecule has 0 radical (unpaired) electrons. The lowest BCUT2D eigenvalue weighted by Gasteiger charge is -2.07. The largest absolute Gasteiger partial charge is 0.478 e. The monoisotopic (exact) mass is 328 g/mol. The van der Waals surface area contributed by atoms with Crippen LogP contribution < -0.4 is 0 Å². The van der Waals surface area contributed by atoms with E-state index in [-0.39, 0.29) is 21.2 Å². The number of rotatable bonds is 4. The van der Waals surface area contributed by atoms with E-state index in [4.69, 9.17) is 11.6 Å². The third kappa shape index (κ3) is 2.98. The number of hydrogen-bond donors (Lipinski definition) is 1. The molecule has 0 amide bonds. The molecule has 0 bridgehead atoms. The number of carboxylic acids is 1. The molecule has 0 atom stereocenters. The molecule has 21 heavy (non-hydrogen) atoms. The van der Waals surface area contributed by atoms with Gasteiger partial charge in [0.25, 0.3) is 5.69 Å². The summed E-state index contributed by atoms with van der Waals surface area (Å²) < 4.78 is 1.66. The third-order valence-corrected chi connectivity index (χ3v) is 4.31. The number of hydrogen-bond acceptors (Lipinski definition) is 6. The summed E-state index contributed by atoms with van der Waals surface area (Å²) in [5, 5.41) is 28.2. The van der Waals surface area contributed by atoms with Crippen molar-refractivity contribution in [1.29, 1.82) is 0 Å². The van der Waals surface area contributed by atoms with E-state index in [1.54, 1.807) is 18.5 Å². The Morgan fingerprint density at radius 3 is 2.62 bits per heavy atom. The molecule has 1 N–H and O–H groups in total. The summed E-state index contributed by atoms with van der Waals surface area (Å²) in [6.07, 6.45) is 0. The minimum atomic E-state index is -1.30. The van der Waals surface area contributed by atoms with Crippen molar-refractivity contribution >= 4 is 35.0 Å². The molecule has 0 fully saturated rings. The maximum Gasteiger partial charge on any atom is 0.337 e. The van der Waals surface area contributed by atoms with Gasteiger partial charge in [-0.25, -0.2) is 4.79 Å². The van der Waals surface area contributed by atoms with Gasteiger partial charge >= 0.3 is 5.97 Å². The van der Waals surface area contributed by atoms with Crippen molar-refractivity contribution in [1.82, 2.24) is 14.8 Å². The van der Waals surface area contributed by atoms with Crippen molar-refractivity contribution in [2.24, 2.45) is 7.05 Å². The van der Waals surface area contributed by atoms with E-state index >= 15 is 0 Å². The first-order valence-electron chi connectivity index (χ1n) is 5.56. The summed E-state index contributed by atoms with van der Waals surface area (Å²) >= 11 is 6.98. The Morgan fingerprint density at radius 1 is 1.48 bits per heavy atom. The summed E-state index contributed by atoms with van der Waals surface area (Å²) in [5.74, 6) is -0.658. The Kier molecular flexibility index (Phi) is 4.14. The Balaban J connectivity index is 2.55. The smallest absolute Gasteiger partial charge is 0.337 e. The van der Waals surface area contributed by atoms with Gasteiger partial charge in [-0.2, -0.15) is 0 Å². The van der Waals surface area contributed by atoms with E-state index in [2.05, 4.69) is 10.2 Å². The molecular formula is C11H9ClN4O4S. The first kappa shape index (κ1) is 15.3. The molecule has 110 valence electrons. The van der Waals surface area contributed by atoms with Gasteiger partial charge in [-0.15, -0.1) is 10.2 Å². The third-order valence-electron chi connectivity index (χ3n) is 2.72. The zero-order chi connectivity index (χ0) is 15.7. The van der Waals surface area contributed by atoms with Gasteiger partial charge in [-0.1, -0.05) is 11.6 Å². The van der Waals surface area contributed by atoms with Gasteiger partial charge in [0.15, 0.2) is 5.16 Å². The number of non-ortho nitro benzene ring substituents is 1. The molecule has 1 heterocycles. The van der Waals surface area contributed by atoms with Crippen LogP contribution in [0.2, 0.25) is 5.02 Å². The van der Waals surface area contributed by atoms with Gasteiger partial charge in [-0.3, -0.25) is 10.1 Å². The van der Waals surface area contributed by atoms with Crippen LogP contribution in [0.4, 0.5) is 5.69 Å². The molecule has 0 saturated heterocycles. The summed E-state index contributed by atoms with van der Waals surface area (Å²) in [7, 11) is 1.72. The van der Waals surface area contributed by atoms with E-state index in [0.29, 0.717) is 11.0 Å². The Morgan fingerprint density at radius 2 is 2.14 bits per heavy atom. The van der Waals surface area contributed by atoms with Gasteiger partial charge in [0, 0.05) is 24.1 Å². The molecule has 8 nitrogen and oxygen atoms in total. The summed E-state index contributed by atoms with van der Waals surface area (Å²) in [6.45, 7) is 1.74. The Bertz CT molecular complexity index is 746. The number of halogens is 1. The topological polar surface area (TPSA) is 111 Å². The fourth-order valence-corrected chi connectivity index (χ4v) is 2.79. The van der Waals surface area contributed by atoms with Gasteiger partial charge in [0.2, 0.25) is 0 Å². The number of nitro benzene ring substituents is 1. The Hall–Kier alpha value is -2.13. The molecule has 1 aromatic heterocycles. The maximum atomic E-state index is 11.3. The van der Waals surface area contributed by atoms with Crippen LogP contribution in [-0.2, 0) is 7.05 Å². The minimum Gasteiger partial charge on any atom is -0.478 e. The van der Waals surface area contributed by atoms with Crippen molar-refractivity contribution in [3.8, 4) is 0 Å². The number of carbonyl (C=O) groups is 1. The molecule has 2 rings (SSSR count). The van der Waals surface area contributed by atoms with Crippen molar-refractivity contribution in [2.45, 2.75) is 17.0 Å². The second kappa shape index (κ2) is 5.70. The van der Waals surface area contributed by atoms with Crippen LogP contribution in [0.15, 0.2) is 22.2 Å². The highest BCUT2D eigenvalue weighted by Crippen LogP contribution is 2.37. The van der Waals surface area contributed by atoms with Crippen LogP contribution in [0.3, 0.4) is 0 Å². The number of benzene rings is 1. The maximum absolute atomic E-state index is 11.3. The van der Waals surface area contributed by atoms with Crippen LogP contribution in [0.1, 0.15) is 16.2 Å². The number of nitrogens with zero attached hydrogens (tertiary/aromatic N) is 4. The fraction of sp³-hybridized carbons (Fsp3) is 0.182. The van der Waals surface area contributed by atoms with Crippen molar-refractivity contribution < 1.29 is 14.8 Å². The molecule has 0 unspecified atom stereocenters. The highest BCUT2D eigenvalue weighted by atomic mass is 35.5. The minimum absolute atomic E-state index is 0.0211. The summed E-state index contributed by atoms with van der Waals surface area (Å²) in [4.78, 5) is 21.6. The van der Waals surface area contributed by atoms with Crippen LogP contribution in [0.5, 0.6) is 0 Å². The number of aromatic carboxylic acids is 1. The van der Waals surface area contributed by atoms with Crippen LogP contribution in [0, 0.1) is 17.0 Å². The average Bonchev–Trinajstić information content (AvgIpc) is 2.72. The van der Waals surface area contributed by atoms with E-state index in [1.807, 2.05) is 0 Å². The lowest BCUT2D eigenvalue weighted by atomic mass is 10.2. The first-order valence-corrected chi connectivity index (χ1v) is 6.75. The standard InChI is InChI=1S/C11H9ClN4O4S/c1-5-13-14-11(15(5)2)21-9-7(10(17)18)3-6(16(19)20)4-8(9)12/h3-4H,1-2H3,(H,17,18). The predicted molar refractivity (Wildman–Crippen MR) is 74.9 cm³/mol. The SMILES string of the molecule is Cc1nnc(Sc2c(Cl)cc([N+](=O)[O-])cc2C(=O)O)n1C. The van der Waals surface area contributed by atoms with Crippen molar-refractivity contribution in [3.63, 3.8) is 0 Å². The van der Waals surface area contributed by atoms with Crippen LogP contribution >= 0.6 is 23.4 Å². The van der Waals surface area contributed by atoms with E-state index in [9.17, 15) is 20.0 Å². The molecule has 0 aliphatic heterocycles. The van der Waals surface area contributed by atoms with Crippen molar-refractivity contribution in [3.05, 3.63) is 38.7 Å². The van der Waals surface area contributed by atoms with Gasteiger partial charge in [-0.05, 0) is 18.7 Å². The molecule has 2 aromatic rings.